The fraction of sp³-hybridized carbons (Fsp3) is 0.375. The molecule has 1 aromatic carbocycles. The van der Waals surface area contributed by atoms with Crippen molar-refractivity contribution in [3.63, 3.8) is 0 Å². The van der Waals surface area contributed by atoms with E-state index >= 15 is 0 Å². The number of hydrogen-bond acceptors (Lipinski definition) is 5. The number of rotatable bonds is 2. The number of amides is 1. The van der Waals surface area contributed by atoms with Gasteiger partial charge in [-0.1, -0.05) is 6.07 Å². The van der Waals surface area contributed by atoms with Gasteiger partial charge in [0.1, 0.15) is 23.2 Å². The number of pyridine rings is 1. The molecule has 0 saturated carbocycles. The number of hydrogen-bond donors (Lipinski definition) is 0. The van der Waals surface area contributed by atoms with Gasteiger partial charge in [-0.2, -0.15) is 5.26 Å². The van der Waals surface area contributed by atoms with Crippen LogP contribution in [0.4, 0.5) is 9.18 Å². The standard InChI is InChI=1S/C24H24FN3O3/c1-24(2,3)31-23(29)28-8-6-15(7-9-28)21-12-18-11-20(27-14-22(18)30-21)16-4-5-17(13-26)19(25)10-16/h4-5,10-12,14-15H,6-9H2,1-3H3. The van der Waals surface area contributed by atoms with Crippen molar-refractivity contribution >= 4 is 17.1 Å². The summed E-state index contributed by atoms with van der Waals surface area (Å²) in [6.07, 6.45) is 2.94. The molecule has 2 aromatic heterocycles. The number of nitrogens with zero attached hydrogens (tertiary/aromatic N) is 3. The number of piperidine rings is 1. The van der Waals surface area contributed by atoms with Crippen molar-refractivity contribution in [2.75, 3.05) is 13.1 Å². The number of benzene rings is 1. The molecule has 0 spiro atoms. The Morgan fingerprint density at radius 3 is 2.65 bits per heavy atom. The highest BCUT2D eigenvalue weighted by Gasteiger charge is 2.29. The second-order valence-corrected chi connectivity index (χ2v) is 8.80. The highest BCUT2D eigenvalue weighted by atomic mass is 19.1. The Bertz CT molecular complexity index is 1170. The lowest BCUT2D eigenvalue weighted by Crippen LogP contribution is -2.41. The maximum atomic E-state index is 14.0. The number of fused-ring (bicyclic) bond motifs is 1. The summed E-state index contributed by atoms with van der Waals surface area (Å²) in [5, 5.41) is 9.79. The third-order valence-corrected chi connectivity index (χ3v) is 5.36. The molecule has 0 bridgehead atoms. The molecule has 3 aromatic rings. The third-order valence-electron chi connectivity index (χ3n) is 5.36. The summed E-state index contributed by atoms with van der Waals surface area (Å²) >= 11 is 0. The summed E-state index contributed by atoms with van der Waals surface area (Å²) in [6.45, 7) is 6.82. The predicted molar refractivity (Wildman–Crippen MR) is 114 cm³/mol. The SMILES string of the molecule is CC(C)(C)OC(=O)N1CCC(c2cc3cc(-c4ccc(C#N)c(F)c4)ncc3o2)CC1. The molecule has 7 heteroatoms. The largest absolute Gasteiger partial charge is 0.459 e. The van der Waals surface area contributed by atoms with E-state index in [-0.39, 0.29) is 17.6 Å². The molecule has 0 aliphatic carbocycles. The zero-order valence-corrected chi connectivity index (χ0v) is 17.8. The topological polar surface area (TPSA) is 79.4 Å². The molecule has 0 radical (unpaired) electrons. The molecule has 0 atom stereocenters. The summed E-state index contributed by atoms with van der Waals surface area (Å²) in [4.78, 5) is 18.4. The normalized spacial score (nSPS) is 15.1. The summed E-state index contributed by atoms with van der Waals surface area (Å²) < 4.78 is 25.4. The Labute approximate surface area is 180 Å². The number of aromatic nitrogens is 1. The van der Waals surface area contributed by atoms with Crippen LogP contribution in [-0.4, -0.2) is 34.7 Å². The number of halogens is 1. The monoisotopic (exact) mass is 421 g/mol. The van der Waals surface area contributed by atoms with Gasteiger partial charge in [0, 0.05) is 30.0 Å². The summed E-state index contributed by atoms with van der Waals surface area (Å²) in [5.74, 6) is 0.511. The van der Waals surface area contributed by atoms with E-state index in [2.05, 4.69) is 4.98 Å². The Morgan fingerprint density at radius 1 is 1.26 bits per heavy atom. The minimum Gasteiger partial charge on any atom is -0.459 e. The van der Waals surface area contributed by atoms with Crippen molar-refractivity contribution in [3.05, 3.63) is 53.7 Å². The van der Waals surface area contributed by atoms with Crippen LogP contribution in [0.25, 0.3) is 22.2 Å². The van der Waals surface area contributed by atoms with E-state index in [1.807, 2.05) is 39.0 Å². The number of likely N-dealkylation sites (tertiary alicyclic amines) is 1. The molecule has 31 heavy (non-hydrogen) atoms. The van der Waals surface area contributed by atoms with Crippen LogP contribution in [0.5, 0.6) is 0 Å². The quantitative estimate of drug-likeness (QED) is 0.536. The van der Waals surface area contributed by atoms with Gasteiger partial charge >= 0.3 is 6.09 Å². The smallest absolute Gasteiger partial charge is 0.410 e. The van der Waals surface area contributed by atoms with Crippen molar-refractivity contribution in [2.24, 2.45) is 0 Å². The molecule has 0 N–H and O–H groups in total. The minimum absolute atomic E-state index is 0.00755. The van der Waals surface area contributed by atoms with Gasteiger partial charge in [0.05, 0.1) is 17.5 Å². The lowest BCUT2D eigenvalue weighted by atomic mass is 9.94. The molecule has 3 heterocycles. The zero-order chi connectivity index (χ0) is 22.2. The van der Waals surface area contributed by atoms with E-state index in [4.69, 9.17) is 14.4 Å². The lowest BCUT2D eigenvalue weighted by molar-refractivity contribution is 0.0200. The summed E-state index contributed by atoms with van der Waals surface area (Å²) in [7, 11) is 0. The Hall–Kier alpha value is -3.40. The average Bonchev–Trinajstić information content (AvgIpc) is 3.16. The molecule has 4 rings (SSSR count). The Morgan fingerprint density at radius 2 is 2.00 bits per heavy atom. The van der Waals surface area contributed by atoms with E-state index in [0.717, 1.165) is 24.0 Å². The lowest BCUT2D eigenvalue weighted by Gasteiger charge is -2.32. The molecule has 1 aliphatic rings. The van der Waals surface area contributed by atoms with E-state index in [9.17, 15) is 9.18 Å². The molecular weight excluding hydrogens is 397 g/mol. The van der Waals surface area contributed by atoms with Crippen molar-refractivity contribution in [2.45, 2.75) is 45.1 Å². The van der Waals surface area contributed by atoms with Gasteiger partial charge in [-0.05, 0) is 57.9 Å². The fourth-order valence-electron chi connectivity index (χ4n) is 3.76. The summed E-state index contributed by atoms with van der Waals surface area (Å²) in [5.41, 5.74) is 1.39. The van der Waals surface area contributed by atoms with E-state index in [1.165, 1.54) is 12.1 Å². The Balaban J connectivity index is 1.49. The van der Waals surface area contributed by atoms with Gasteiger partial charge in [0.15, 0.2) is 5.58 Å². The third kappa shape index (κ3) is 4.53. The number of ether oxygens (including phenoxy) is 1. The van der Waals surface area contributed by atoms with Gasteiger partial charge in [0.2, 0.25) is 0 Å². The number of carbonyl (C=O) groups excluding carboxylic acids is 1. The van der Waals surface area contributed by atoms with E-state index in [1.54, 1.807) is 17.2 Å². The van der Waals surface area contributed by atoms with Crippen LogP contribution >= 0.6 is 0 Å². The first-order valence-electron chi connectivity index (χ1n) is 10.3. The number of furan rings is 1. The maximum Gasteiger partial charge on any atom is 0.410 e. The highest BCUT2D eigenvalue weighted by molar-refractivity contribution is 5.82. The van der Waals surface area contributed by atoms with Gasteiger partial charge in [0.25, 0.3) is 0 Å². The van der Waals surface area contributed by atoms with Crippen LogP contribution in [0.3, 0.4) is 0 Å². The first-order chi connectivity index (χ1) is 14.7. The molecule has 1 amide bonds. The molecule has 1 aliphatic heterocycles. The van der Waals surface area contributed by atoms with Crippen molar-refractivity contribution < 1.29 is 18.3 Å². The van der Waals surface area contributed by atoms with Crippen LogP contribution in [0.2, 0.25) is 0 Å². The minimum atomic E-state index is -0.563. The van der Waals surface area contributed by atoms with Crippen LogP contribution in [0, 0.1) is 17.1 Å². The van der Waals surface area contributed by atoms with Crippen LogP contribution < -0.4 is 0 Å². The van der Waals surface area contributed by atoms with Crippen LogP contribution in [0.1, 0.15) is 50.9 Å². The molecule has 160 valence electrons. The fourth-order valence-corrected chi connectivity index (χ4v) is 3.76. The van der Waals surface area contributed by atoms with Gasteiger partial charge in [-0.3, -0.25) is 4.98 Å². The van der Waals surface area contributed by atoms with Crippen LogP contribution in [-0.2, 0) is 4.74 Å². The van der Waals surface area contributed by atoms with Crippen molar-refractivity contribution in [1.82, 2.24) is 9.88 Å². The van der Waals surface area contributed by atoms with Gasteiger partial charge in [-0.15, -0.1) is 0 Å². The van der Waals surface area contributed by atoms with E-state index < -0.39 is 11.4 Å². The number of carbonyl (C=O) groups is 1. The van der Waals surface area contributed by atoms with Gasteiger partial charge < -0.3 is 14.1 Å². The zero-order valence-electron chi connectivity index (χ0n) is 17.8. The van der Waals surface area contributed by atoms with E-state index in [0.29, 0.717) is 29.9 Å². The van der Waals surface area contributed by atoms with Crippen molar-refractivity contribution in [1.29, 1.82) is 5.26 Å². The second kappa shape index (κ2) is 8.03. The maximum absolute atomic E-state index is 14.0. The summed E-state index contributed by atoms with van der Waals surface area (Å²) in [6, 6.07) is 10.1. The molecule has 0 unspecified atom stereocenters. The molecule has 1 fully saturated rings. The van der Waals surface area contributed by atoms with Crippen molar-refractivity contribution in [3.8, 4) is 17.3 Å². The molecular formula is C24H24FN3O3. The molecule has 1 saturated heterocycles. The molecule has 6 nitrogen and oxygen atoms in total. The van der Waals surface area contributed by atoms with Gasteiger partial charge in [-0.25, -0.2) is 9.18 Å². The predicted octanol–water partition coefficient (Wildman–Crippen LogP) is 5.62. The second-order valence-electron chi connectivity index (χ2n) is 8.80. The van der Waals surface area contributed by atoms with Crippen LogP contribution in [0.15, 0.2) is 40.9 Å². The average molecular weight is 421 g/mol. The first-order valence-corrected chi connectivity index (χ1v) is 10.3. The number of nitriles is 1. The Kier molecular flexibility index (Phi) is 5.40. The first kappa shape index (κ1) is 20.9. The highest BCUT2D eigenvalue weighted by Crippen LogP contribution is 2.34.